The van der Waals surface area contributed by atoms with Crippen LogP contribution in [0, 0.1) is 0 Å². The molecule has 0 saturated carbocycles. The van der Waals surface area contributed by atoms with Gasteiger partial charge in [0.05, 0.1) is 0 Å². The van der Waals surface area contributed by atoms with Crippen LogP contribution in [0.5, 0.6) is 0 Å². The van der Waals surface area contributed by atoms with E-state index in [0.717, 1.165) is 6.08 Å². The zero-order chi connectivity index (χ0) is 8.97. The van der Waals surface area contributed by atoms with Gasteiger partial charge >= 0.3 is 5.97 Å². The van der Waals surface area contributed by atoms with Gasteiger partial charge < -0.3 is 10.1 Å². The van der Waals surface area contributed by atoms with E-state index in [0.29, 0.717) is 5.69 Å². The Balaban J connectivity index is 2.90. The number of aromatic nitrogens is 1. The molecule has 0 aliphatic carbocycles. The number of aromatic amines is 1. The van der Waals surface area contributed by atoms with Gasteiger partial charge in [-0.05, 0) is 6.08 Å². The lowest BCUT2D eigenvalue weighted by Crippen LogP contribution is -1.98. The standard InChI is InChI=1S/C8H7NO3/c10-7-3-4-9-6(5-7)1-2-8(11)12/h1-5H,(H,9,10)(H,11,12). The van der Waals surface area contributed by atoms with Crippen molar-refractivity contribution >= 4 is 12.0 Å². The minimum atomic E-state index is -1.04. The summed E-state index contributed by atoms with van der Waals surface area (Å²) in [5.41, 5.74) is 0.323. The van der Waals surface area contributed by atoms with Crippen molar-refractivity contribution in [3.8, 4) is 0 Å². The van der Waals surface area contributed by atoms with Crippen molar-refractivity contribution in [2.24, 2.45) is 0 Å². The molecule has 2 N–H and O–H groups in total. The van der Waals surface area contributed by atoms with Gasteiger partial charge in [0.2, 0.25) is 0 Å². The fourth-order valence-corrected chi connectivity index (χ4v) is 0.720. The van der Waals surface area contributed by atoms with Crippen LogP contribution in [-0.4, -0.2) is 16.1 Å². The van der Waals surface area contributed by atoms with Crippen LogP contribution in [0.1, 0.15) is 5.69 Å². The summed E-state index contributed by atoms with van der Waals surface area (Å²) in [6.45, 7) is 0. The number of carboxylic acid groups (broad SMARTS) is 1. The SMILES string of the molecule is O=C(O)C=Cc1cc(=O)cc[nH]1. The number of rotatable bonds is 2. The number of hydrogen-bond donors (Lipinski definition) is 2. The number of aliphatic carboxylic acids is 1. The fraction of sp³-hybridized carbons (Fsp3) is 0. The molecule has 0 aliphatic heterocycles. The highest BCUT2D eigenvalue weighted by Crippen LogP contribution is 1.91. The maximum absolute atomic E-state index is 10.7. The second-order valence-electron chi connectivity index (χ2n) is 2.15. The largest absolute Gasteiger partial charge is 0.478 e. The average Bonchev–Trinajstić information content (AvgIpc) is 2.01. The monoisotopic (exact) mass is 165 g/mol. The lowest BCUT2D eigenvalue weighted by Gasteiger charge is -1.89. The van der Waals surface area contributed by atoms with Gasteiger partial charge in [0.15, 0.2) is 5.43 Å². The van der Waals surface area contributed by atoms with Gasteiger partial charge in [0.1, 0.15) is 0 Å². The Labute approximate surface area is 68.2 Å². The lowest BCUT2D eigenvalue weighted by atomic mass is 10.3. The number of pyridine rings is 1. The molecular weight excluding hydrogens is 158 g/mol. The molecule has 0 fully saturated rings. The van der Waals surface area contributed by atoms with Crippen LogP contribution in [0.15, 0.2) is 29.2 Å². The molecule has 0 aromatic carbocycles. The number of H-pyrrole nitrogens is 1. The van der Waals surface area contributed by atoms with Crippen molar-refractivity contribution in [1.29, 1.82) is 0 Å². The van der Waals surface area contributed by atoms with Gasteiger partial charge in [-0.1, -0.05) is 0 Å². The summed E-state index contributed by atoms with van der Waals surface area (Å²) in [6, 6.07) is 2.68. The molecule has 62 valence electrons. The van der Waals surface area contributed by atoms with E-state index in [9.17, 15) is 9.59 Å². The van der Waals surface area contributed by atoms with E-state index in [2.05, 4.69) is 4.98 Å². The fourth-order valence-electron chi connectivity index (χ4n) is 0.720. The molecule has 4 heteroatoms. The van der Waals surface area contributed by atoms with E-state index in [1.54, 1.807) is 0 Å². The third-order valence-electron chi connectivity index (χ3n) is 1.20. The average molecular weight is 165 g/mol. The molecule has 0 aliphatic rings. The molecule has 1 heterocycles. The van der Waals surface area contributed by atoms with Gasteiger partial charge in [-0.15, -0.1) is 0 Å². The number of carboxylic acids is 1. The highest BCUT2D eigenvalue weighted by Gasteiger charge is 1.89. The van der Waals surface area contributed by atoms with Crippen LogP contribution in [0.3, 0.4) is 0 Å². The van der Waals surface area contributed by atoms with E-state index in [-0.39, 0.29) is 5.43 Å². The van der Waals surface area contributed by atoms with Gasteiger partial charge in [-0.3, -0.25) is 4.79 Å². The number of carbonyl (C=O) groups is 1. The van der Waals surface area contributed by atoms with Crippen LogP contribution in [0.25, 0.3) is 6.08 Å². The molecule has 0 atom stereocenters. The van der Waals surface area contributed by atoms with E-state index >= 15 is 0 Å². The Bertz CT molecular complexity index is 365. The van der Waals surface area contributed by atoms with Crippen molar-refractivity contribution in [1.82, 2.24) is 4.98 Å². The molecule has 0 radical (unpaired) electrons. The zero-order valence-corrected chi connectivity index (χ0v) is 6.15. The van der Waals surface area contributed by atoms with Gasteiger partial charge in [0.25, 0.3) is 0 Å². The number of hydrogen-bond acceptors (Lipinski definition) is 2. The molecule has 1 rings (SSSR count). The topological polar surface area (TPSA) is 70.2 Å². The summed E-state index contributed by atoms with van der Waals surface area (Å²) in [5, 5.41) is 8.27. The highest BCUT2D eigenvalue weighted by atomic mass is 16.4. The molecule has 0 bridgehead atoms. The van der Waals surface area contributed by atoms with Crippen LogP contribution >= 0.6 is 0 Å². The van der Waals surface area contributed by atoms with E-state index in [4.69, 9.17) is 5.11 Å². The second kappa shape index (κ2) is 3.52. The predicted molar refractivity (Wildman–Crippen MR) is 43.7 cm³/mol. The van der Waals surface area contributed by atoms with Crippen LogP contribution < -0.4 is 5.43 Å². The van der Waals surface area contributed by atoms with Crippen molar-refractivity contribution in [3.05, 3.63) is 40.3 Å². The third kappa shape index (κ3) is 2.42. The third-order valence-corrected chi connectivity index (χ3v) is 1.20. The van der Waals surface area contributed by atoms with E-state index in [1.165, 1.54) is 24.4 Å². The predicted octanol–water partition coefficient (Wildman–Crippen LogP) is 0.473. The summed E-state index contributed by atoms with van der Waals surface area (Å²) in [6.07, 6.45) is 3.75. The maximum Gasteiger partial charge on any atom is 0.328 e. The first-order valence-corrected chi connectivity index (χ1v) is 3.28. The minimum Gasteiger partial charge on any atom is -0.478 e. The molecule has 1 aromatic rings. The highest BCUT2D eigenvalue weighted by molar-refractivity contribution is 5.84. The Morgan fingerprint density at radius 3 is 2.92 bits per heavy atom. The van der Waals surface area contributed by atoms with Crippen molar-refractivity contribution in [3.63, 3.8) is 0 Å². The first-order chi connectivity index (χ1) is 5.68. The van der Waals surface area contributed by atoms with Crippen LogP contribution in [0.4, 0.5) is 0 Å². The summed E-state index contributed by atoms with van der Waals surface area (Å²) < 4.78 is 0. The van der Waals surface area contributed by atoms with Crippen molar-refractivity contribution < 1.29 is 9.90 Å². The Hall–Kier alpha value is -1.84. The molecule has 1 aromatic heterocycles. The Morgan fingerprint density at radius 2 is 2.33 bits per heavy atom. The van der Waals surface area contributed by atoms with Crippen molar-refractivity contribution in [2.45, 2.75) is 0 Å². The maximum atomic E-state index is 10.7. The summed E-state index contributed by atoms with van der Waals surface area (Å²) in [7, 11) is 0. The second-order valence-corrected chi connectivity index (χ2v) is 2.15. The molecule has 0 spiro atoms. The first kappa shape index (κ1) is 8.26. The van der Waals surface area contributed by atoms with Crippen LogP contribution in [0.2, 0.25) is 0 Å². The molecule has 0 saturated heterocycles. The van der Waals surface area contributed by atoms with E-state index < -0.39 is 5.97 Å². The minimum absolute atomic E-state index is 0.154. The van der Waals surface area contributed by atoms with Gasteiger partial charge in [-0.25, -0.2) is 4.79 Å². The van der Waals surface area contributed by atoms with Crippen LogP contribution in [-0.2, 0) is 4.79 Å². The quantitative estimate of drug-likeness (QED) is 0.626. The normalized spacial score (nSPS) is 10.3. The van der Waals surface area contributed by atoms with Crippen molar-refractivity contribution in [2.75, 3.05) is 0 Å². The number of nitrogens with one attached hydrogen (secondary N) is 1. The molecule has 4 nitrogen and oxygen atoms in total. The Kier molecular flexibility index (Phi) is 2.42. The zero-order valence-electron chi connectivity index (χ0n) is 6.15. The van der Waals surface area contributed by atoms with Gasteiger partial charge in [-0.2, -0.15) is 0 Å². The molecule has 0 amide bonds. The van der Waals surface area contributed by atoms with E-state index in [1.807, 2.05) is 0 Å². The summed E-state index contributed by atoms with van der Waals surface area (Å²) in [4.78, 5) is 23.5. The smallest absolute Gasteiger partial charge is 0.328 e. The molecule has 12 heavy (non-hydrogen) atoms. The lowest BCUT2D eigenvalue weighted by molar-refractivity contribution is -0.131. The summed E-state index contributed by atoms with van der Waals surface area (Å²) >= 11 is 0. The molecule has 0 unspecified atom stereocenters. The first-order valence-electron chi connectivity index (χ1n) is 3.28. The molecular formula is C8H7NO3. The Morgan fingerprint density at radius 1 is 1.58 bits per heavy atom. The summed E-state index contributed by atoms with van der Waals surface area (Å²) in [5.74, 6) is -1.04. The van der Waals surface area contributed by atoms with Gasteiger partial charge in [0, 0.05) is 30.1 Å².